The Hall–Kier alpha value is -1.43. The van der Waals surface area contributed by atoms with Crippen LogP contribution in [0.2, 0.25) is 0 Å². The van der Waals surface area contributed by atoms with Crippen molar-refractivity contribution in [1.82, 2.24) is 0 Å². The number of esters is 1. The van der Waals surface area contributed by atoms with E-state index in [-0.39, 0.29) is 17.1 Å². The highest BCUT2D eigenvalue weighted by Crippen LogP contribution is 2.51. The third-order valence-corrected chi connectivity index (χ3v) is 4.53. The number of thioether (sulfide) groups is 1. The lowest BCUT2D eigenvalue weighted by Gasteiger charge is -2.12. The first-order chi connectivity index (χ1) is 9.04. The zero-order chi connectivity index (χ0) is 13.9. The van der Waals surface area contributed by atoms with Crippen molar-refractivity contribution in [3.8, 4) is 5.75 Å². The molecular formula is C13H16O5S. The second kappa shape index (κ2) is 5.69. The highest BCUT2D eigenvalue weighted by atomic mass is 32.2. The maximum Gasteiger partial charge on any atom is 0.306 e. The molecule has 6 heteroatoms. The summed E-state index contributed by atoms with van der Waals surface area (Å²) in [5.41, 5.74) is -0.368. The molecule has 0 aliphatic heterocycles. The van der Waals surface area contributed by atoms with Crippen LogP contribution in [-0.2, 0) is 15.3 Å². The fraction of sp³-hybridized carbons (Fsp3) is 0.538. The number of aromatic hydroxyl groups is 1. The Kier molecular flexibility index (Phi) is 4.19. The summed E-state index contributed by atoms with van der Waals surface area (Å²) < 4.78 is 9.80. The van der Waals surface area contributed by atoms with E-state index in [2.05, 4.69) is 4.74 Å². The van der Waals surface area contributed by atoms with Crippen LogP contribution in [0, 0.1) is 5.41 Å². The fourth-order valence-electron chi connectivity index (χ4n) is 1.81. The smallest absolute Gasteiger partial charge is 0.306 e. The lowest BCUT2D eigenvalue weighted by molar-refractivity contribution is -0.141. The maximum atomic E-state index is 11.3. The van der Waals surface area contributed by atoms with Crippen molar-refractivity contribution in [2.24, 2.45) is 5.41 Å². The zero-order valence-corrected chi connectivity index (χ0v) is 11.5. The molecule has 0 spiro atoms. The Bertz CT molecular complexity index is 518. The molecule has 1 N–H and O–H groups in total. The molecule has 1 heterocycles. The first-order valence-corrected chi connectivity index (χ1v) is 7.15. The van der Waals surface area contributed by atoms with E-state index < -0.39 is 5.43 Å². The van der Waals surface area contributed by atoms with E-state index in [1.165, 1.54) is 13.2 Å². The van der Waals surface area contributed by atoms with Crippen molar-refractivity contribution in [1.29, 1.82) is 0 Å². The quantitative estimate of drug-likeness (QED) is 0.804. The van der Waals surface area contributed by atoms with Gasteiger partial charge in [-0.25, -0.2) is 0 Å². The topological polar surface area (TPSA) is 76.7 Å². The Balaban J connectivity index is 1.82. The zero-order valence-electron chi connectivity index (χ0n) is 10.7. The number of ether oxygens (including phenoxy) is 1. The normalized spacial score (nSPS) is 16.1. The summed E-state index contributed by atoms with van der Waals surface area (Å²) in [5.74, 6) is 1.37. The SMILES string of the molecule is COC(=O)CC1(CSCc2cc(=O)c(O)co2)CC1. The summed E-state index contributed by atoms with van der Waals surface area (Å²) in [5, 5.41) is 9.07. The van der Waals surface area contributed by atoms with Crippen molar-refractivity contribution in [2.45, 2.75) is 25.0 Å². The standard InChI is InChI=1S/C13H16O5S/c1-17-12(16)5-13(2-3-13)8-19-7-9-4-10(14)11(15)6-18-9/h4,6,15H,2-3,5,7-8H2,1H3. The van der Waals surface area contributed by atoms with Crippen LogP contribution in [0.5, 0.6) is 5.75 Å². The van der Waals surface area contributed by atoms with Crippen LogP contribution in [0.4, 0.5) is 0 Å². The molecule has 1 aliphatic rings. The van der Waals surface area contributed by atoms with Crippen LogP contribution in [0.25, 0.3) is 0 Å². The molecule has 0 unspecified atom stereocenters. The van der Waals surface area contributed by atoms with Gasteiger partial charge in [0, 0.05) is 6.07 Å². The van der Waals surface area contributed by atoms with Crippen molar-refractivity contribution in [3.05, 3.63) is 28.3 Å². The second-order valence-electron chi connectivity index (χ2n) is 4.84. The minimum absolute atomic E-state index is 0.0645. The van der Waals surface area contributed by atoms with Crippen LogP contribution in [0.3, 0.4) is 0 Å². The van der Waals surface area contributed by atoms with Gasteiger partial charge < -0.3 is 14.3 Å². The number of carbonyl (C=O) groups is 1. The molecule has 1 aromatic heterocycles. The first kappa shape index (κ1) is 14.0. The number of hydrogen-bond donors (Lipinski definition) is 1. The summed E-state index contributed by atoms with van der Waals surface area (Å²) >= 11 is 1.62. The molecule has 104 valence electrons. The molecule has 0 atom stereocenters. The molecule has 1 saturated carbocycles. The van der Waals surface area contributed by atoms with Crippen LogP contribution in [0.15, 0.2) is 21.5 Å². The van der Waals surface area contributed by atoms with Gasteiger partial charge in [-0.2, -0.15) is 11.8 Å². The van der Waals surface area contributed by atoms with Crippen molar-refractivity contribution in [3.63, 3.8) is 0 Å². The molecule has 2 rings (SSSR count). The Morgan fingerprint density at radius 2 is 2.32 bits per heavy atom. The Morgan fingerprint density at radius 1 is 1.58 bits per heavy atom. The minimum atomic E-state index is -0.433. The van der Waals surface area contributed by atoms with Crippen LogP contribution < -0.4 is 5.43 Å². The van der Waals surface area contributed by atoms with E-state index in [0.29, 0.717) is 17.9 Å². The summed E-state index contributed by atoms with van der Waals surface area (Å²) in [6, 6.07) is 1.29. The highest BCUT2D eigenvalue weighted by Gasteiger charge is 2.44. The molecule has 0 bridgehead atoms. The van der Waals surface area contributed by atoms with Crippen LogP contribution in [0.1, 0.15) is 25.0 Å². The van der Waals surface area contributed by atoms with Crippen molar-refractivity contribution in [2.75, 3.05) is 12.9 Å². The molecule has 1 fully saturated rings. The third kappa shape index (κ3) is 3.76. The van der Waals surface area contributed by atoms with E-state index >= 15 is 0 Å². The minimum Gasteiger partial charge on any atom is -0.502 e. The van der Waals surface area contributed by atoms with E-state index in [9.17, 15) is 9.59 Å². The second-order valence-corrected chi connectivity index (χ2v) is 5.83. The number of rotatable bonds is 6. The summed E-state index contributed by atoms with van der Waals surface area (Å²) in [4.78, 5) is 22.5. The highest BCUT2D eigenvalue weighted by molar-refractivity contribution is 7.98. The summed E-state index contributed by atoms with van der Waals surface area (Å²) in [7, 11) is 1.40. The van der Waals surface area contributed by atoms with Crippen LogP contribution >= 0.6 is 11.8 Å². The van der Waals surface area contributed by atoms with E-state index in [4.69, 9.17) is 9.52 Å². The van der Waals surface area contributed by atoms with Gasteiger partial charge in [0.2, 0.25) is 5.43 Å². The van der Waals surface area contributed by atoms with E-state index in [1.54, 1.807) is 11.8 Å². The monoisotopic (exact) mass is 284 g/mol. The van der Waals surface area contributed by atoms with E-state index in [1.807, 2.05) is 0 Å². The molecule has 0 radical (unpaired) electrons. The number of methoxy groups -OCH3 is 1. The van der Waals surface area contributed by atoms with Gasteiger partial charge in [0.1, 0.15) is 12.0 Å². The lowest BCUT2D eigenvalue weighted by Crippen LogP contribution is -2.13. The largest absolute Gasteiger partial charge is 0.502 e. The van der Waals surface area contributed by atoms with Crippen molar-refractivity contribution < 1.29 is 19.1 Å². The van der Waals surface area contributed by atoms with Crippen LogP contribution in [-0.4, -0.2) is 23.9 Å². The van der Waals surface area contributed by atoms with Crippen molar-refractivity contribution >= 4 is 17.7 Å². The Labute approximate surface area is 115 Å². The third-order valence-electron chi connectivity index (χ3n) is 3.22. The molecule has 0 saturated heterocycles. The fourth-order valence-corrected chi connectivity index (χ4v) is 3.09. The average molecular weight is 284 g/mol. The lowest BCUT2D eigenvalue weighted by atomic mass is 10.1. The van der Waals surface area contributed by atoms with Gasteiger partial charge in [0.25, 0.3) is 0 Å². The predicted molar refractivity (Wildman–Crippen MR) is 71.1 cm³/mol. The molecule has 0 aromatic carbocycles. The van der Waals surface area contributed by atoms with Gasteiger partial charge in [0.15, 0.2) is 5.75 Å². The van der Waals surface area contributed by atoms with Gasteiger partial charge in [-0.3, -0.25) is 9.59 Å². The first-order valence-electron chi connectivity index (χ1n) is 6.00. The molecule has 1 aliphatic carbocycles. The van der Waals surface area contributed by atoms with Gasteiger partial charge in [-0.05, 0) is 24.0 Å². The molecular weight excluding hydrogens is 268 g/mol. The molecule has 1 aromatic rings. The van der Waals surface area contributed by atoms with Gasteiger partial charge in [0.05, 0.1) is 19.3 Å². The molecule has 19 heavy (non-hydrogen) atoms. The summed E-state index contributed by atoms with van der Waals surface area (Å²) in [6.07, 6.45) is 3.58. The molecule has 5 nitrogen and oxygen atoms in total. The predicted octanol–water partition coefficient (Wildman–Crippen LogP) is 1.92. The average Bonchev–Trinajstić information content (AvgIpc) is 3.13. The number of carbonyl (C=O) groups excluding carboxylic acids is 1. The van der Waals surface area contributed by atoms with Gasteiger partial charge in [-0.1, -0.05) is 0 Å². The van der Waals surface area contributed by atoms with Gasteiger partial charge in [-0.15, -0.1) is 0 Å². The number of hydrogen-bond acceptors (Lipinski definition) is 6. The molecule has 0 amide bonds. The maximum absolute atomic E-state index is 11.3. The summed E-state index contributed by atoms with van der Waals surface area (Å²) in [6.45, 7) is 0. The van der Waals surface area contributed by atoms with Gasteiger partial charge >= 0.3 is 5.97 Å². The Morgan fingerprint density at radius 3 is 2.89 bits per heavy atom. The van der Waals surface area contributed by atoms with E-state index in [0.717, 1.165) is 24.9 Å².